The van der Waals surface area contributed by atoms with Crippen LogP contribution >= 0.6 is 0 Å². The Bertz CT molecular complexity index is 1090. The number of hydrogen-bond donors (Lipinski definition) is 3. The second-order valence-corrected chi connectivity index (χ2v) is 10.1. The van der Waals surface area contributed by atoms with Gasteiger partial charge in [0.1, 0.15) is 12.6 Å². The first-order valence-corrected chi connectivity index (χ1v) is 12.6. The summed E-state index contributed by atoms with van der Waals surface area (Å²) in [5.41, 5.74) is 4.74. The van der Waals surface area contributed by atoms with Crippen molar-refractivity contribution < 1.29 is 24.2 Å². The Labute approximate surface area is 205 Å². The van der Waals surface area contributed by atoms with Crippen LogP contribution in [-0.4, -0.2) is 41.8 Å². The molecule has 35 heavy (non-hydrogen) atoms. The van der Waals surface area contributed by atoms with Crippen LogP contribution in [0, 0.1) is 17.8 Å². The van der Waals surface area contributed by atoms with E-state index in [9.17, 15) is 19.5 Å². The molecule has 0 aliphatic heterocycles. The minimum absolute atomic E-state index is 0.000590. The monoisotopic (exact) mass is 476 g/mol. The van der Waals surface area contributed by atoms with Crippen LogP contribution in [0.2, 0.25) is 0 Å². The van der Waals surface area contributed by atoms with E-state index in [1.165, 1.54) is 22.3 Å². The molecule has 5 atom stereocenters. The van der Waals surface area contributed by atoms with E-state index in [1.807, 2.05) is 31.2 Å². The fourth-order valence-corrected chi connectivity index (χ4v) is 6.23. The SMILES string of the molecule is CCC[C@H](NC(=O)C1C[C@H]2C[C@@H](NC(=O)OCC3c4ccccc4-c4ccccc43)[C@H]2C1)C(=O)O. The summed E-state index contributed by atoms with van der Waals surface area (Å²) in [7, 11) is 0. The van der Waals surface area contributed by atoms with E-state index in [4.69, 9.17) is 4.74 Å². The lowest BCUT2D eigenvalue weighted by molar-refractivity contribution is -0.142. The predicted molar refractivity (Wildman–Crippen MR) is 131 cm³/mol. The molecule has 2 saturated carbocycles. The lowest BCUT2D eigenvalue weighted by Crippen LogP contribution is -2.50. The number of hydrogen-bond acceptors (Lipinski definition) is 4. The highest BCUT2D eigenvalue weighted by atomic mass is 16.5. The summed E-state index contributed by atoms with van der Waals surface area (Å²) in [6, 6.07) is 15.7. The second kappa shape index (κ2) is 9.72. The predicted octanol–water partition coefficient (Wildman–Crippen LogP) is 4.31. The standard InChI is InChI=1S/C28H32N2O5/c1-2-7-24(27(32)33)29-26(31)17-12-16-14-25(22(16)13-17)30-28(34)35-15-23-20-10-5-3-8-18(20)19-9-4-6-11-21(19)23/h3-6,8-11,16-17,22-25H,2,7,12-15H2,1H3,(H,29,31)(H,30,34)(H,32,33)/t16-,17?,22-,24-,25+/m0/s1. The summed E-state index contributed by atoms with van der Waals surface area (Å²) in [4.78, 5) is 36.7. The summed E-state index contributed by atoms with van der Waals surface area (Å²) in [5, 5.41) is 15.0. The molecule has 0 saturated heterocycles. The fraction of sp³-hybridized carbons (Fsp3) is 0.464. The van der Waals surface area contributed by atoms with Crippen molar-refractivity contribution in [3.63, 3.8) is 0 Å². The summed E-state index contributed by atoms with van der Waals surface area (Å²) in [6.45, 7) is 2.18. The summed E-state index contributed by atoms with van der Waals surface area (Å²) in [5.74, 6) is -0.721. The van der Waals surface area contributed by atoms with E-state index >= 15 is 0 Å². The summed E-state index contributed by atoms with van der Waals surface area (Å²) >= 11 is 0. The molecule has 2 aromatic carbocycles. The third-order valence-corrected chi connectivity index (χ3v) is 8.03. The second-order valence-electron chi connectivity index (χ2n) is 10.1. The van der Waals surface area contributed by atoms with Gasteiger partial charge in [0.25, 0.3) is 0 Å². The average Bonchev–Trinajstić information content (AvgIpc) is 3.36. The number of ether oxygens (including phenoxy) is 1. The molecule has 2 amide bonds. The third-order valence-electron chi connectivity index (χ3n) is 8.03. The molecule has 184 valence electrons. The molecule has 3 aliphatic rings. The van der Waals surface area contributed by atoms with E-state index in [0.29, 0.717) is 25.2 Å². The first kappa shape index (κ1) is 23.4. The number of carboxylic acid groups (broad SMARTS) is 1. The molecule has 7 heteroatoms. The van der Waals surface area contributed by atoms with Gasteiger partial charge in [0, 0.05) is 17.9 Å². The summed E-state index contributed by atoms with van der Waals surface area (Å²) < 4.78 is 5.68. The van der Waals surface area contributed by atoms with Gasteiger partial charge in [-0.15, -0.1) is 0 Å². The minimum Gasteiger partial charge on any atom is -0.480 e. The smallest absolute Gasteiger partial charge is 0.407 e. The molecule has 7 nitrogen and oxygen atoms in total. The Balaban J connectivity index is 1.13. The first-order chi connectivity index (χ1) is 17.0. The number of alkyl carbamates (subject to hydrolysis) is 1. The van der Waals surface area contributed by atoms with Crippen molar-refractivity contribution in [2.75, 3.05) is 6.61 Å². The Hall–Kier alpha value is -3.35. The molecular formula is C28H32N2O5. The normalized spacial score (nSPS) is 24.9. The van der Waals surface area contributed by atoms with E-state index < -0.39 is 18.1 Å². The molecule has 5 rings (SSSR count). The van der Waals surface area contributed by atoms with Crippen LogP contribution in [0.15, 0.2) is 48.5 Å². The Morgan fingerprint density at radius 1 is 1.00 bits per heavy atom. The zero-order valence-corrected chi connectivity index (χ0v) is 19.9. The molecule has 0 aromatic heterocycles. The number of fused-ring (bicyclic) bond motifs is 4. The maximum absolute atomic E-state index is 12.6. The van der Waals surface area contributed by atoms with Gasteiger partial charge >= 0.3 is 12.1 Å². The van der Waals surface area contributed by atoms with Gasteiger partial charge in [-0.05, 0) is 59.8 Å². The van der Waals surface area contributed by atoms with Gasteiger partial charge in [0.15, 0.2) is 0 Å². The van der Waals surface area contributed by atoms with E-state index in [-0.39, 0.29) is 36.3 Å². The Morgan fingerprint density at radius 3 is 2.29 bits per heavy atom. The van der Waals surface area contributed by atoms with Crippen molar-refractivity contribution in [1.82, 2.24) is 10.6 Å². The van der Waals surface area contributed by atoms with Gasteiger partial charge in [-0.2, -0.15) is 0 Å². The van der Waals surface area contributed by atoms with Gasteiger partial charge in [-0.3, -0.25) is 4.79 Å². The maximum atomic E-state index is 12.6. The van der Waals surface area contributed by atoms with Gasteiger partial charge in [0.05, 0.1) is 0 Å². The molecule has 0 bridgehead atoms. The highest BCUT2D eigenvalue weighted by Gasteiger charge is 2.50. The lowest BCUT2D eigenvalue weighted by atomic mass is 9.71. The lowest BCUT2D eigenvalue weighted by Gasteiger charge is -2.40. The minimum atomic E-state index is -0.990. The zero-order chi connectivity index (χ0) is 24.5. The van der Waals surface area contributed by atoms with Crippen molar-refractivity contribution in [2.45, 2.75) is 57.0 Å². The molecular weight excluding hydrogens is 444 g/mol. The van der Waals surface area contributed by atoms with Crippen molar-refractivity contribution in [1.29, 1.82) is 0 Å². The molecule has 0 heterocycles. The van der Waals surface area contributed by atoms with Crippen molar-refractivity contribution in [2.24, 2.45) is 17.8 Å². The Kier molecular flexibility index (Phi) is 6.50. The number of carbonyl (C=O) groups is 3. The van der Waals surface area contributed by atoms with Crippen LogP contribution in [0.4, 0.5) is 4.79 Å². The van der Waals surface area contributed by atoms with Crippen LogP contribution in [0.5, 0.6) is 0 Å². The maximum Gasteiger partial charge on any atom is 0.407 e. The largest absolute Gasteiger partial charge is 0.480 e. The van der Waals surface area contributed by atoms with E-state index in [0.717, 1.165) is 12.8 Å². The topological polar surface area (TPSA) is 105 Å². The van der Waals surface area contributed by atoms with Crippen LogP contribution in [0.3, 0.4) is 0 Å². The van der Waals surface area contributed by atoms with Crippen LogP contribution < -0.4 is 10.6 Å². The van der Waals surface area contributed by atoms with Crippen LogP contribution in [-0.2, 0) is 14.3 Å². The first-order valence-electron chi connectivity index (χ1n) is 12.6. The number of carboxylic acids is 1. The molecule has 2 fully saturated rings. The van der Waals surface area contributed by atoms with Gasteiger partial charge in [-0.25, -0.2) is 9.59 Å². The van der Waals surface area contributed by atoms with Crippen molar-refractivity contribution in [3.05, 3.63) is 59.7 Å². The highest BCUT2D eigenvalue weighted by Crippen LogP contribution is 2.50. The summed E-state index contributed by atoms with van der Waals surface area (Å²) in [6.07, 6.45) is 2.94. The number of amides is 2. The van der Waals surface area contributed by atoms with Crippen molar-refractivity contribution >= 4 is 18.0 Å². The molecule has 3 aliphatic carbocycles. The van der Waals surface area contributed by atoms with Gasteiger partial charge in [0.2, 0.25) is 5.91 Å². The van der Waals surface area contributed by atoms with Gasteiger partial charge < -0.3 is 20.5 Å². The van der Waals surface area contributed by atoms with Crippen LogP contribution in [0.1, 0.15) is 56.1 Å². The highest BCUT2D eigenvalue weighted by molar-refractivity contribution is 5.85. The molecule has 2 aromatic rings. The average molecular weight is 477 g/mol. The molecule has 0 radical (unpaired) electrons. The van der Waals surface area contributed by atoms with E-state index in [2.05, 4.69) is 34.9 Å². The molecule has 1 unspecified atom stereocenters. The Morgan fingerprint density at radius 2 is 1.66 bits per heavy atom. The fourth-order valence-electron chi connectivity index (χ4n) is 6.23. The van der Waals surface area contributed by atoms with E-state index in [1.54, 1.807) is 0 Å². The number of carbonyl (C=O) groups excluding carboxylic acids is 2. The van der Waals surface area contributed by atoms with Crippen LogP contribution in [0.25, 0.3) is 11.1 Å². The van der Waals surface area contributed by atoms with Crippen molar-refractivity contribution in [3.8, 4) is 11.1 Å². The number of benzene rings is 2. The third kappa shape index (κ3) is 4.51. The number of aliphatic carboxylic acids is 1. The molecule has 0 spiro atoms. The number of nitrogens with one attached hydrogen (secondary N) is 2. The molecule has 3 N–H and O–H groups in total. The zero-order valence-electron chi connectivity index (χ0n) is 19.9. The number of rotatable bonds is 8. The quantitative estimate of drug-likeness (QED) is 0.527. The van der Waals surface area contributed by atoms with Gasteiger partial charge in [-0.1, -0.05) is 61.9 Å².